The lowest BCUT2D eigenvalue weighted by Crippen LogP contribution is -2.24. The van der Waals surface area contributed by atoms with Crippen LogP contribution in [0.5, 0.6) is 0 Å². The Morgan fingerprint density at radius 3 is 1.60 bits per heavy atom. The Hall–Kier alpha value is -5.67. The summed E-state index contributed by atoms with van der Waals surface area (Å²) in [5.74, 6) is 0. The van der Waals surface area contributed by atoms with Crippen LogP contribution in [0.25, 0.3) is 33.3 Å². The van der Waals surface area contributed by atoms with Crippen molar-refractivity contribution < 1.29 is 0 Å². The van der Waals surface area contributed by atoms with Crippen LogP contribution in [0, 0.1) is 6.92 Å². The number of nitrogens with zero attached hydrogens (tertiary/aromatic N) is 3. The molecule has 8 rings (SSSR count). The molecule has 0 saturated heterocycles. The van der Waals surface area contributed by atoms with E-state index in [4.69, 9.17) is 4.98 Å². The summed E-state index contributed by atoms with van der Waals surface area (Å²) in [4.78, 5) is 10.1. The van der Waals surface area contributed by atoms with Crippen LogP contribution >= 0.6 is 0 Å². The third-order valence-corrected chi connectivity index (χ3v) is 8.23. The molecular formula is C40H29N3. The van der Waals surface area contributed by atoms with E-state index in [0.717, 1.165) is 56.3 Å². The third-order valence-electron chi connectivity index (χ3n) is 8.23. The number of pyridine rings is 1. The molecule has 6 aromatic carbocycles. The fourth-order valence-electron chi connectivity index (χ4n) is 6.20. The molecule has 204 valence electrons. The first-order valence-electron chi connectivity index (χ1n) is 14.7. The Balaban J connectivity index is 1.42. The van der Waals surface area contributed by atoms with E-state index in [-0.39, 0.29) is 0 Å². The van der Waals surface area contributed by atoms with E-state index < -0.39 is 0 Å². The molecular weight excluding hydrogens is 522 g/mol. The Bertz CT molecular complexity index is 2040. The molecule has 1 aromatic heterocycles. The van der Waals surface area contributed by atoms with Gasteiger partial charge in [0.2, 0.25) is 0 Å². The number of para-hydroxylation sites is 6. The van der Waals surface area contributed by atoms with Crippen molar-refractivity contribution in [3.8, 4) is 22.4 Å². The summed E-state index contributed by atoms with van der Waals surface area (Å²) in [7, 11) is 0. The van der Waals surface area contributed by atoms with Crippen LogP contribution in [-0.4, -0.2) is 4.98 Å². The van der Waals surface area contributed by atoms with Gasteiger partial charge in [0.15, 0.2) is 0 Å². The number of hydrogen-bond acceptors (Lipinski definition) is 3. The maximum atomic E-state index is 5.40. The first-order chi connectivity index (χ1) is 21.3. The van der Waals surface area contributed by atoms with Gasteiger partial charge in [-0.2, -0.15) is 0 Å². The van der Waals surface area contributed by atoms with Gasteiger partial charge in [-0.25, -0.2) is 4.98 Å². The highest BCUT2D eigenvalue weighted by molar-refractivity contribution is 6.09. The average molecular weight is 552 g/mol. The molecule has 0 N–H and O–H groups in total. The lowest BCUT2D eigenvalue weighted by Gasteiger charge is -2.40. The Labute approximate surface area is 251 Å². The summed E-state index contributed by atoms with van der Waals surface area (Å²) in [6, 6.07) is 56.0. The van der Waals surface area contributed by atoms with E-state index in [2.05, 4.69) is 174 Å². The topological polar surface area (TPSA) is 19.4 Å². The van der Waals surface area contributed by atoms with Crippen LogP contribution in [0.2, 0.25) is 0 Å². The molecule has 0 unspecified atom stereocenters. The van der Waals surface area contributed by atoms with Crippen LogP contribution in [0.3, 0.4) is 0 Å². The molecule has 0 bridgehead atoms. The summed E-state index contributed by atoms with van der Waals surface area (Å²) in [5.41, 5.74) is 13.3. The lowest BCUT2D eigenvalue weighted by atomic mass is 9.96. The molecule has 3 nitrogen and oxygen atoms in total. The molecule has 1 aliphatic heterocycles. The highest BCUT2D eigenvalue weighted by Crippen LogP contribution is 2.55. The normalized spacial score (nSPS) is 12.2. The van der Waals surface area contributed by atoms with Crippen molar-refractivity contribution in [3.63, 3.8) is 0 Å². The monoisotopic (exact) mass is 551 g/mol. The Morgan fingerprint density at radius 1 is 0.442 bits per heavy atom. The van der Waals surface area contributed by atoms with Gasteiger partial charge < -0.3 is 9.80 Å². The van der Waals surface area contributed by atoms with Crippen molar-refractivity contribution in [1.29, 1.82) is 0 Å². The van der Waals surface area contributed by atoms with Gasteiger partial charge in [-0.05, 0) is 66.6 Å². The molecule has 43 heavy (non-hydrogen) atoms. The molecule has 0 saturated carbocycles. The van der Waals surface area contributed by atoms with Gasteiger partial charge in [-0.3, -0.25) is 0 Å². The minimum absolute atomic E-state index is 0.961. The highest BCUT2D eigenvalue weighted by atomic mass is 15.3. The van der Waals surface area contributed by atoms with Gasteiger partial charge in [-0.15, -0.1) is 0 Å². The van der Waals surface area contributed by atoms with E-state index in [0.29, 0.717) is 0 Å². The molecule has 0 fully saturated rings. The van der Waals surface area contributed by atoms with Gasteiger partial charge in [-0.1, -0.05) is 115 Å². The lowest BCUT2D eigenvalue weighted by molar-refractivity contribution is 1.17. The average Bonchev–Trinajstić information content (AvgIpc) is 3.07. The predicted octanol–water partition coefficient (Wildman–Crippen LogP) is 11.1. The van der Waals surface area contributed by atoms with Crippen molar-refractivity contribution in [2.45, 2.75) is 6.92 Å². The number of benzene rings is 6. The second-order valence-corrected chi connectivity index (χ2v) is 10.9. The summed E-state index contributed by atoms with van der Waals surface area (Å²) in [6.07, 6.45) is 0. The largest absolute Gasteiger partial charge is 0.306 e. The Kier molecular flexibility index (Phi) is 6.01. The summed E-state index contributed by atoms with van der Waals surface area (Å²) < 4.78 is 0. The molecule has 7 aromatic rings. The fourth-order valence-corrected chi connectivity index (χ4v) is 6.20. The molecule has 0 radical (unpaired) electrons. The second kappa shape index (κ2) is 10.3. The number of hydrogen-bond donors (Lipinski definition) is 0. The Morgan fingerprint density at radius 2 is 0.977 bits per heavy atom. The molecule has 0 amide bonds. The molecule has 1 aliphatic rings. The number of rotatable bonds is 4. The highest BCUT2D eigenvalue weighted by Gasteiger charge is 2.31. The molecule has 3 heteroatoms. The predicted molar refractivity (Wildman–Crippen MR) is 180 cm³/mol. The molecule has 2 heterocycles. The van der Waals surface area contributed by atoms with Gasteiger partial charge in [0.25, 0.3) is 0 Å². The smallest absolute Gasteiger partial charge is 0.0956 e. The summed E-state index contributed by atoms with van der Waals surface area (Å²) >= 11 is 0. The van der Waals surface area contributed by atoms with Crippen LogP contribution < -0.4 is 9.80 Å². The number of fused-ring (bicyclic) bond motifs is 3. The van der Waals surface area contributed by atoms with E-state index in [1.54, 1.807) is 0 Å². The second-order valence-electron chi connectivity index (χ2n) is 10.9. The van der Waals surface area contributed by atoms with Crippen molar-refractivity contribution in [2.24, 2.45) is 0 Å². The number of aryl methyl sites for hydroxylation is 1. The maximum absolute atomic E-state index is 5.40. The zero-order valence-corrected chi connectivity index (χ0v) is 23.9. The van der Waals surface area contributed by atoms with Crippen LogP contribution in [0.15, 0.2) is 158 Å². The van der Waals surface area contributed by atoms with Crippen LogP contribution in [-0.2, 0) is 0 Å². The van der Waals surface area contributed by atoms with Crippen molar-refractivity contribution >= 4 is 45.0 Å². The standard InChI is InChI=1S/C40H29N3/c1-28-23-25-30(26-24-28)34-27-33(29-13-4-2-5-14-29)32-17-12-22-39(40(32)41-34)43-37-20-10-8-18-35(37)42(31-15-6-3-7-16-31)36-19-9-11-21-38(36)43/h2-27H,1H3. The summed E-state index contributed by atoms with van der Waals surface area (Å²) in [6.45, 7) is 2.12. The van der Waals surface area contributed by atoms with E-state index in [1.807, 2.05) is 0 Å². The fraction of sp³-hybridized carbons (Fsp3) is 0.0250. The van der Waals surface area contributed by atoms with E-state index in [1.165, 1.54) is 16.7 Å². The van der Waals surface area contributed by atoms with Crippen molar-refractivity contribution in [2.75, 3.05) is 9.80 Å². The first kappa shape index (κ1) is 25.1. The van der Waals surface area contributed by atoms with Gasteiger partial charge in [0.1, 0.15) is 0 Å². The van der Waals surface area contributed by atoms with Crippen LogP contribution in [0.1, 0.15) is 5.56 Å². The minimum Gasteiger partial charge on any atom is -0.306 e. The van der Waals surface area contributed by atoms with E-state index >= 15 is 0 Å². The van der Waals surface area contributed by atoms with Crippen molar-refractivity contribution in [1.82, 2.24) is 4.98 Å². The van der Waals surface area contributed by atoms with Gasteiger partial charge in [0, 0.05) is 16.6 Å². The van der Waals surface area contributed by atoms with Gasteiger partial charge >= 0.3 is 0 Å². The zero-order chi connectivity index (χ0) is 28.8. The molecule has 0 spiro atoms. The number of aromatic nitrogens is 1. The first-order valence-corrected chi connectivity index (χ1v) is 14.7. The SMILES string of the molecule is Cc1ccc(-c2cc(-c3ccccc3)c3cccc(N4c5ccccc5N(c5ccccc5)c5ccccc54)c3n2)cc1. The minimum atomic E-state index is 0.961. The van der Waals surface area contributed by atoms with E-state index in [9.17, 15) is 0 Å². The number of anilines is 6. The summed E-state index contributed by atoms with van der Waals surface area (Å²) in [5, 5.41) is 1.13. The van der Waals surface area contributed by atoms with Gasteiger partial charge in [0.05, 0.1) is 39.6 Å². The van der Waals surface area contributed by atoms with Crippen LogP contribution in [0.4, 0.5) is 34.1 Å². The maximum Gasteiger partial charge on any atom is 0.0956 e. The quantitative estimate of drug-likeness (QED) is 0.217. The molecule has 0 atom stereocenters. The van der Waals surface area contributed by atoms with Crippen molar-refractivity contribution in [3.05, 3.63) is 163 Å². The molecule has 0 aliphatic carbocycles. The zero-order valence-electron chi connectivity index (χ0n) is 23.9. The third kappa shape index (κ3) is 4.25.